The summed E-state index contributed by atoms with van der Waals surface area (Å²) in [7, 11) is 1.77. The molecule has 1 saturated carbocycles. The quantitative estimate of drug-likeness (QED) is 0.906. The van der Waals surface area contributed by atoms with Crippen molar-refractivity contribution in [1.82, 2.24) is 4.98 Å². The van der Waals surface area contributed by atoms with Crippen molar-refractivity contribution in [2.24, 2.45) is 5.92 Å². The van der Waals surface area contributed by atoms with Gasteiger partial charge in [0.25, 0.3) is 0 Å². The Morgan fingerprint density at radius 3 is 2.92 bits per heavy atom. The van der Waals surface area contributed by atoms with Gasteiger partial charge in [0.2, 0.25) is 5.91 Å². The fourth-order valence-electron chi connectivity index (χ4n) is 3.76. The Labute approximate surface area is 148 Å². The van der Waals surface area contributed by atoms with E-state index >= 15 is 0 Å². The predicted molar refractivity (Wildman–Crippen MR) is 100 cm³/mol. The number of anilines is 2. The monoisotopic (exact) mass is 339 g/mol. The van der Waals surface area contributed by atoms with Gasteiger partial charge in [0.1, 0.15) is 0 Å². The summed E-state index contributed by atoms with van der Waals surface area (Å²) >= 11 is 0. The number of aromatic nitrogens is 1. The van der Waals surface area contributed by atoms with Gasteiger partial charge in [0.05, 0.1) is 18.2 Å². The van der Waals surface area contributed by atoms with E-state index in [1.54, 1.807) is 7.11 Å². The zero-order valence-electron chi connectivity index (χ0n) is 14.9. The molecule has 2 fully saturated rings. The standard InChI is InChI=1S/C20H25N3O2/c1-13-10-19(23-9-3-4-16(23)12-25-2)17-8-7-15(11-18(17)21-13)22-20(24)14-5-6-14/h7-8,10-11,14,16H,3-6,9,12H2,1-2H3,(H,22,24)/t16-/m0/s1. The van der Waals surface area contributed by atoms with Gasteiger partial charge in [-0.3, -0.25) is 9.78 Å². The average molecular weight is 339 g/mol. The van der Waals surface area contributed by atoms with Gasteiger partial charge in [-0.05, 0) is 56.9 Å². The third-order valence-electron chi connectivity index (χ3n) is 5.18. The fourth-order valence-corrected chi connectivity index (χ4v) is 3.76. The Hall–Kier alpha value is -2.14. The first-order valence-electron chi connectivity index (χ1n) is 9.13. The molecule has 4 rings (SSSR count). The maximum absolute atomic E-state index is 12.0. The highest BCUT2D eigenvalue weighted by atomic mass is 16.5. The van der Waals surface area contributed by atoms with E-state index in [0.717, 1.165) is 54.7 Å². The van der Waals surface area contributed by atoms with Crippen LogP contribution in [0.15, 0.2) is 24.3 Å². The molecule has 0 unspecified atom stereocenters. The van der Waals surface area contributed by atoms with Crippen LogP contribution in [0.5, 0.6) is 0 Å². The molecule has 2 heterocycles. The molecule has 0 spiro atoms. The summed E-state index contributed by atoms with van der Waals surface area (Å²) in [6, 6.07) is 8.66. The molecule has 1 saturated heterocycles. The van der Waals surface area contributed by atoms with Crippen molar-refractivity contribution in [1.29, 1.82) is 0 Å². The summed E-state index contributed by atoms with van der Waals surface area (Å²) in [5.74, 6) is 0.336. The van der Waals surface area contributed by atoms with Crippen LogP contribution >= 0.6 is 0 Å². The number of hydrogen-bond acceptors (Lipinski definition) is 4. The first-order valence-corrected chi connectivity index (χ1v) is 9.13. The predicted octanol–water partition coefficient (Wildman–Crippen LogP) is 3.51. The number of nitrogens with zero attached hydrogens (tertiary/aromatic N) is 2. The minimum absolute atomic E-state index is 0.131. The highest BCUT2D eigenvalue weighted by Gasteiger charge is 2.30. The Kier molecular flexibility index (Phi) is 4.34. The van der Waals surface area contributed by atoms with Crippen molar-refractivity contribution >= 4 is 28.2 Å². The number of carbonyl (C=O) groups is 1. The van der Waals surface area contributed by atoms with E-state index in [0.29, 0.717) is 6.04 Å². The van der Waals surface area contributed by atoms with E-state index in [4.69, 9.17) is 9.72 Å². The number of nitrogens with one attached hydrogen (secondary N) is 1. The zero-order chi connectivity index (χ0) is 17.4. The number of rotatable bonds is 5. The summed E-state index contributed by atoms with van der Waals surface area (Å²) in [6.45, 7) is 3.82. The minimum atomic E-state index is 0.131. The molecule has 1 aromatic heterocycles. The van der Waals surface area contributed by atoms with Crippen LogP contribution in [0.25, 0.3) is 10.9 Å². The van der Waals surface area contributed by atoms with Crippen LogP contribution in [0.2, 0.25) is 0 Å². The maximum atomic E-state index is 12.0. The third kappa shape index (κ3) is 3.33. The molecule has 1 aromatic carbocycles. The lowest BCUT2D eigenvalue weighted by Crippen LogP contribution is -2.33. The van der Waals surface area contributed by atoms with Crippen molar-refractivity contribution in [3.63, 3.8) is 0 Å². The highest BCUT2D eigenvalue weighted by molar-refractivity contribution is 5.98. The maximum Gasteiger partial charge on any atom is 0.227 e. The van der Waals surface area contributed by atoms with E-state index < -0.39 is 0 Å². The summed E-state index contributed by atoms with van der Waals surface area (Å²) in [6.07, 6.45) is 4.37. The first-order chi connectivity index (χ1) is 12.2. The molecule has 25 heavy (non-hydrogen) atoms. The number of ether oxygens (including phenoxy) is 1. The van der Waals surface area contributed by atoms with Crippen LogP contribution in [-0.2, 0) is 9.53 Å². The number of hydrogen-bond donors (Lipinski definition) is 1. The molecule has 0 radical (unpaired) electrons. The molecular weight excluding hydrogens is 314 g/mol. The van der Waals surface area contributed by atoms with Gasteiger partial charge in [-0.25, -0.2) is 0 Å². The van der Waals surface area contributed by atoms with Gasteiger partial charge in [-0.1, -0.05) is 0 Å². The Balaban J connectivity index is 1.68. The molecule has 1 N–H and O–H groups in total. The van der Waals surface area contributed by atoms with Crippen molar-refractivity contribution in [3.05, 3.63) is 30.0 Å². The highest BCUT2D eigenvalue weighted by Crippen LogP contribution is 2.34. The second-order valence-electron chi connectivity index (χ2n) is 7.22. The molecule has 1 aliphatic heterocycles. The summed E-state index contributed by atoms with van der Waals surface area (Å²) in [4.78, 5) is 19.2. The van der Waals surface area contributed by atoms with Crippen LogP contribution in [0.1, 0.15) is 31.4 Å². The Morgan fingerprint density at radius 2 is 2.16 bits per heavy atom. The SMILES string of the molecule is COC[C@@H]1CCCN1c1cc(C)nc2cc(NC(=O)C3CC3)ccc12. The zero-order valence-corrected chi connectivity index (χ0v) is 14.9. The molecule has 5 nitrogen and oxygen atoms in total. The Bertz CT molecular complexity index is 801. The summed E-state index contributed by atoms with van der Waals surface area (Å²) < 4.78 is 5.41. The number of carbonyl (C=O) groups excluding carboxylic acids is 1. The van der Waals surface area contributed by atoms with Gasteiger partial charge >= 0.3 is 0 Å². The first kappa shape index (κ1) is 16.3. The van der Waals surface area contributed by atoms with Crippen LogP contribution in [0.4, 0.5) is 11.4 Å². The van der Waals surface area contributed by atoms with Crippen LogP contribution in [0.3, 0.4) is 0 Å². The number of benzene rings is 1. The van der Waals surface area contributed by atoms with Gasteiger partial charge in [0, 0.05) is 42.0 Å². The number of pyridine rings is 1. The second-order valence-corrected chi connectivity index (χ2v) is 7.22. The molecule has 2 aromatic rings. The lowest BCUT2D eigenvalue weighted by Gasteiger charge is -2.28. The van der Waals surface area contributed by atoms with E-state index in [-0.39, 0.29) is 11.8 Å². The minimum Gasteiger partial charge on any atom is -0.383 e. The molecule has 1 amide bonds. The smallest absolute Gasteiger partial charge is 0.227 e. The Morgan fingerprint density at radius 1 is 1.32 bits per heavy atom. The largest absolute Gasteiger partial charge is 0.383 e. The van der Waals surface area contributed by atoms with Gasteiger partial charge < -0.3 is 15.0 Å². The summed E-state index contributed by atoms with van der Waals surface area (Å²) in [5.41, 5.74) is 3.99. The lowest BCUT2D eigenvalue weighted by atomic mass is 10.1. The van der Waals surface area contributed by atoms with E-state index in [1.165, 1.54) is 12.1 Å². The average Bonchev–Trinajstić information content (AvgIpc) is 3.34. The molecule has 1 aliphatic carbocycles. The third-order valence-corrected chi connectivity index (χ3v) is 5.18. The molecule has 5 heteroatoms. The van der Waals surface area contributed by atoms with E-state index in [1.807, 2.05) is 19.1 Å². The topological polar surface area (TPSA) is 54.5 Å². The second kappa shape index (κ2) is 6.64. The number of fused-ring (bicyclic) bond motifs is 1. The molecule has 2 aliphatic rings. The number of aryl methyl sites for hydroxylation is 1. The molecular formula is C20H25N3O2. The van der Waals surface area contributed by atoms with Crippen molar-refractivity contribution in [2.45, 2.75) is 38.6 Å². The van der Waals surface area contributed by atoms with Crippen molar-refractivity contribution in [3.8, 4) is 0 Å². The van der Waals surface area contributed by atoms with E-state index in [2.05, 4.69) is 22.3 Å². The molecule has 132 valence electrons. The van der Waals surface area contributed by atoms with Gasteiger partial charge in [-0.15, -0.1) is 0 Å². The van der Waals surface area contributed by atoms with Crippen LogP contribution < -0.4 is 10.2 Å². The normalized spacial score (nSPS) is 20.2. The van der Waals surface area contributed by atoms with E-state index in [9.17, 15) is 4.79 Å². The number of amides is 1. The van der Waals surface area contributed by atoms with Gasteiger partial charge in [-0.2, -0.15) is 0 Å². The van der Waals surface area contributed by atoms with Crippen molar-refractivity contribution < 1.29 is 9.53 Å². The van der Waals surface area contributed by atoms with Crippen molar-refractivity contribution in [2.75, 3.05) is 30.5 Å². The number of methoxy groups -OCH3 is 1. The lowest BCUT2D eigenvalue weighted by molar-refractivity contribution is -0.117. The van der Waals surface area contributed by atoms with Crippen LogP contribution in [-0.4, -0.2) is 37.2 Å². The van der Waals surface area contributed by atoms with Crippen LogP contribution in [0, 0.1) is 12.8 Å². The molecule has 1 atom stereocenters. The molecule has 0 bridgehead atoms. The van der Waals surface area contributed by atoms with Gasteiger partial charge in [0.15, 0.2) is 0 Å². The summed E-state index contributed by atoms with van der Waals surface area (Å²) in [5, 5.41) is 4.16. The fraction of sp³-hybridized carbons (Fsp3) is 0.500.